The number of carbonyl (C=O) groups excluding carboxylic acids is 1. The van der Waals surface area contributed by atoms with Crippen molar-refractivity contribution in [3.05, 3.63) is 0 Å². The molecule has 19 heteroatoms. The van der Waals surface area contributed by atoms with E-state index in [1.54, 1.807) is 0 Å². The van der Waals surface area contributed by atoms with E-state index in [9.17, 15) is 54.6 Å². The Morgan fingerprint density at radius 3 is 1.51 bits per heavy atom. The molecular formula is C22H39N5O14. The summed E-state index contributed by atoms with van der Waals surface area (Å²) in [5, 5.41) is 80.3. The summed E-state index contributed by atoms with van der Waals surface area (Å²) in [4.78, 5) is 60.6. The first kappa shape index (κ1) is 36.0. The minimum Gasteiger partial charge on any atom is -0.480 e. The highest BCUT2D eigenvalue weighted by atomic mass is 16.6. The van der Waals surface area contributed by atoms with Gasteiger partial charge in [-0.1, -0.05) is 0 Å². The van der Waals surface area contributed by atoms with Gasteiger partial charge in [0.1, 0.15) is 24.4 Å². The van der Waals surface area contributed by atoms with Crippen LogP contribution >= 0.6 is 0 Å². The summed E-state index contributed by atoms with van der Waals surface area (Å²) in [5.41, 5.74) is 0. The third-order valence-corrected chi connectivity index (χ3v) is 5.92. The van der Waals surface area contributed by atoms with Gasteiger partial charge in [0.15, 0.2) is 6.29 Å². The number of nitrogens with one attached hydrogen (secondary N) is 2. The fraction of sp³-hybridized carbons (Fsp3) is 0.773. The fourth-order valence-electron chi connectivity index (χ4n) is 3.92. The molecule has 41 heavy (non-hydrogen) atoms. The van der Waals surface area contributed by atoms with Crippen molar-refractivity contribution in [1.29, 1.82) is 0 Å². The lowest BCUT2D eigenvalue weighted by Gasteiger charge is -2.38. The van der Waals surface area contributed by atoms with E-state index in [0.29, 0.717) is 0 Å². The van der Waals surface area contributed by atoms with E-state index < -0.39 is 86.7 Å². The summed E-state index contributed by atoms with van der Waals surface area (Å²) in [5.74, 6) is -5.52. The molecule has 3 unspecified atom stereocenters. The molecule has 0 spiro atoms. The first-order chi connectivity index (χ1) is 19.2. The average Bonchev–Trinajstić information content (AvgIpc) is 2.85. The fourth-order valence-corrected chi connectivity index (χ4v) is 3.92. The number of hydrogen-bond donors (Lipinski definition) is 10. The van der Waals surface area contributed by atoms with Crippen LogP contribution in [0.15, 0.2) is 0 Å². The number of aliphatic hydroxyl groups is 4. The lowest BCUT2D eigenvalue weighted by atomic mass is 9.99. The molecule has 1 fully saturated rings. The predicted octanol–water partition coefficient (Wildman–Crippen LogP) is -6.26. The molecule has 0 radical (unpaired) electrons. The zero-order valence-electron chi connectivity index (χ0n) is 22.2. The normalized spacial score (nSPS) is 22.7. The van der Waals surface area contributed by atoms with Gasteiger partial charge in [-0.25, -0.2) is 0 Å². The van der Waals surface area contributed by atoms with Crippen LogP contribution in [0.5, 0.6) is 0 Å². The quantitative estimate of drug-likeness (QED) is 0.0550. The molecule has 1 amide bonds. The second kappa shape index (κ2) is 18.4. The second-order valence-corrected chi connectivity index (χ2v) is 9.36. The zero-order valence-corrected chi connectivity index (χ0v) is 22.2. The van der Waals surface area contributed by atoms with Crippen molar-refractivity contribution >= 4 is 29.8 Å². The van der Waals surface area contributed by atoms with Gasteiger partial charge >= 0.3 is 23.9 Å². The number of nitrogens with zero attached hydrogens (tertiary/aromatic N) is 3. The van der Waals surface area contributed by atoms with E-state index in [1.165, 1.54) is 9.80 Å². The molecule has 0 aliphatic carbocycles. The zero-order chi connectivity index (χ0) is 31.1. The van der Waals surface area contributed by atoms with Crippen molar-refractivity contribution in [2.24, 2.45) is 0 Å². The maximum absolute atomic E-state index is 12.4. The van der Waals surface area contributed by atoms with Gasteiger partial charge in [-0.15, -0.1) is 0 Å². The summed E-state index contributed by atoms with van der Waals surface area (Å²) in [6.07, 6.45) is -7.43. The van der Waals surface area contributed by atoms with Crippen LogP contribution in [0.3, 0.4) is 0 Å². The van der Waals surface area contributed by atoms with Gasteiger partial charge in [0.05, 0.1) is 32.7 Å². The summed E-state index contributed by atoms with van der Waals surface area (Å²) in [6, 6.07) is 0. The van der Waals surface area contributed by atoms with Crippen molar-refractivity contribution in [1.82, 2.24) is 25.3 Å². The van der Waals surface area contributed by atoms with Gasteiger partial charge in [0, 0.05) is 45.8 Å². The molecule has 1 aliphatic heterocycles. The van der Waals surface area contributed by atoms with Crippen molar-refractivity contribution < 1.29 is 69.6 Å². The number of ether oxygens (including phenoxy) is 1. The summed E-state index contributed by atoms with van der Waals surface area (Å²) < 4.78 is 5.02. The Kier molecular flexibility index (Phi) is 16.2. The Labute approximate surface area is 234 Å². The monoisotopic (exact) mass is 597 g/mol. The SMILES string of the molecule is O=C(O)CN(CCN(CC(=O)O)CC(=O)O)CCN(CC(=O)O)CC(=O)NCCNCC1O[C@@H](O)C(O)C(O)[C@@H]1O. The van der Waals surface area contributed by atoms with Crippen LogP contribution in [0.4, 0.5) is 0 Å². The standard InChI is InChI=1S/C22H39N5O14/c28-14(24-2-1-23-7-13-19(37)20(38)21(39)22(40)41-13)8-26(10-16(31)32)5-3-25(9-15(29)30)4-6-27(11-17(33)34)12-18(35)36/h13,19-23,37-40H,1-12H2,(H,24,28)(H,29,30)(H,31,32)(H,33,34)(H,35,36)/t13?,19-,20?,21?,22-/m1/s1. The van der Waals surface area contributed by atoms with Gasteiger partial charge in [-0.3, -0.25) is 38.7 Å². The van der Waals surface area contributed by atoms with E-state index in [4.69, 9.17) is 14.9 Å². The highest BCUT2D eigenvalue weighted by Crippen LogP contribution is 2.19. The van der Waals surface area contributed by atoms with Crippen LogP contribution in [0.2, 0.25) is 0 Å². The molecule has 5 atom stereocenters. The van der Waals surface area contributed by atoms with E-state index in [2.05, 4.69) is 10.6 Å². The van der Waals surface area contributed by atoms with Crippen LogP contribution in [0.1, 0.15) is 0 Å². The van der Waals surface area contributed by atoms with E-state index >= 15 is 0 Å². The largest absolute Gasteiger partial charge is 0.480 e. The Morgan fingerprint density at radius 2 is 1.02 bits per heavy atom. The van der Waals surface area contributed by atoms with Crippen molar-refractivity contribution in [3.63, 3.8) is 0 Å². The first-order valence-electron chi connectivity index (χ1n) is 12.6. The number of amides is 1. The Bertz CT molecular complexity index is 864. The highest BCUT2D eigenvalue weighted by Gasteiger charge is 2.42. The topological polar surface area (TPSA) is 290 Å². The predicted molar refractivity (Wildman–Crippen MR) is 135 cm³/mol. The van der Waals surface area contributed by atoms with Crippen LogP contribution in [0.25, 0.3) is 0 Å². The molecule has 1 saturated heterocycles. The number of hydrogen-bond acceptors (Lipinski definition) is 14. The Hall–Kier alpha value is -3.01. The van der Waals surface area contributed by atoms with E-state index in [1.807, 2.05) is 0 Å². The number of carboxylic acids is 4. The molecule has 1 aliphatic rings. The molecule has 0 saturated carbocycles. The van der Waals surface area contributed by atoms with Crippen LogP contribution in [0, 0.1) is 0 Å². The lowest BCUT2D eigenvalue weighted by Crippen LogP contribution is -2.59. The molecule has 1 rings (SSSR count). The molecule has 1 heterocycles. The van der Waals surface area contributed by atoms with E-state index in [0.717, 1.165) is 4.90 Å². The Balaban J connectivity index is 2.55. The molecule has 0 aromatic rings. The maximum Gasteiger partial charge on any atom is 0.317 e. The van der Waals surface area contributed by atoms with Crippen molar-refractivity contribution in [3.8, 4) is 0 Å². The molecule has 0 bridgehead atoms. The first-order valence-corrected chi connectivity index (χ1v) is 12.6. The summed E-state index contributed by atoms with van der Waals surface area (Å²) in [7, 11) is 0. The third-order valence-electron chi connectivity index (χ3n) is 5.92. The van der Waals surface area contributed by atoms with Gasteiger partial charge in [0.25, 0.3) is 0 Å². The highest BCUT2D eigenvalue weighted by molar-refractivity contribution is 5.79. The number of aliphatic carboxylic acids is 4. The molecule has 19 nitrogen and oxygen atoms in total. The number of rotatable bonds is 21. The van der Waals surface area contributed by atoms with Gasteiger partial charge < -0.3 is 56.2 Å². The van der Waals surface area contributed by atoms with Crippen molar-refractivity contribution in [2.75, 3.05) is 78.5 Å². The van der Waals surface area contributed by atoms with Crippen LogP contribution < -0.4 is 10.6 Å². The second-order valence-electron chi connectivity index (χ2n) is 9.36. The summed E-state index contributed by atoms with van der Waals surface area (Å²) in [6.45, 7) is -2.48. The molecule has 10 N–H and O–H groups in total. The number of carbonyl (C=O) groups is 5. The van der Waals surface area contributed by atoms with Crippen LogP contribution in [-0.4, -0.2) is 195 Å². The van der Waals surface area contributed by atoms with Gasteiger partial charge in [-0.05, 0) is 0 Å². The Morgan fingerprint density at radius 1 is 0.585 bits per heavy atom. The van der Waals surface area contributed by atoms with Gasteiger partial charge in [-0.2, -0.15) is 0 Å². The minimum atomic E-state index is -1.68. The summed E-state index contributed by atoms with van der Waals surface area (Å²) >= 11 is 0. The van der Waals surface area contributed by atoms with Crippen molar-refractivity contribution in [2.45, 2.75) is 30.7 Å². The van der Waals surface area contributed by atoms with Crippen LogP contribution in [-0.2, 0) is 28.7 Å². The molecule has 0 aromatic heterocycles. The molecule has 0 aromatic carbocycles. The smallest absolute Gasteiger partial charge is 0.317 e. The maximum atomic E-state index is 12.4. The molecule has 236 valence electrons. The molecular weight excluding hydrogens is 558 g/mol. The number of aliphatic hydroxyl groups excluding tert-OH is 4. The number of carboxylic acid groups (broad SMARTS) is 4. The van der Waals surface area contributed by atoms with E-state index in [-0.39, 0.29) is 52.4 Å². The third kappa shape index (κ3) is 15.0. The average molecular weight is 598 g/mol. The van der Waals surface area contributed by atoms with Gasteiger partial charge in [0.2, 0.25) is 5.91 Å². The lowest BCUT2D eigenvalue weighted by molar-refractivity contribution is -0.280. The minimum absolute atomic E-state index is 0.0154.